The molecule has 0 aliphatic heterocycles. The maximum Gasteiger partial charge on any atom is 0.336 e. The summed E-state index contributed by atoms with van der Waals surface area (Å²) in [6, 6.07) is 7.50. The van der Waals surface area contributed by atoms with Gasteiger partial charge in [0.05, 0.1) is 25.9 Å². The van der Waals surface area contributed by atoms with Crippen LogP contribution in [0.25, 0.3) is 0 Å². The van der Waals surface area contributed by atoms with Crippen LogP contribution in [-0.4, -0.2) is 37.7 Å². The number of nitrogens with zero attached hydrogens (tertiary/aromatic N) is 1. The van der Waals surface area contributed by atoms with Gasteiger partial charge in [-0.3, -0.25) is 0 Å². The first-order valence-electron chi connectivity index (χ1n) is 7.81. The van der Waals surface area contributed by atoms with E-state index in [1.807, 2.05) is 6.07 Å². The summed E-state index contributed by atoms with van der Waals surface area (Å²) in [5.74, 6) is -3.03. The summed E-state index contributed by atoms with van der Waals surface area (Å²) in [5, 5.41) is 10.3. The second-order valence-electron chi connectivity index (χ2n) is 6.44. The lowest BCUT2D eigenvalue weighted by atomic mass is 9.74. The fourth-order valence-corrected chi connectivity index (χ4v) is 2.34. The normalized spacial score (nSPS) is 13.7. The quantitative estimate of drug-likeness (QED) is 0.430. The second kappa shape index (κ2) is 8.69. The average Bonchev–Trinajstić information content (AvgIpc) is 2.60. The van der Waals surface area contributed by atoms with Crippen LogP contribution in [0.5, 0.6) is 0 Å². The van der Waals surface area contributed by atoms with Crippen LogP contribution >= 0.6 is 11.6 Å². The zero-order valence-electron chi connectivity index (χ0n) is 15.7. The Balaban J connectivity index is 3.83. The molecule has 1 aromatic rings. The molecule has 0 amide bonds. The molecule has 27 heavy (non-hydrogen) atoms. The smallest absolute Gasteiger partial charge is 0.336 e. The van der Waals surface area contributed by atoms with Gasteiger partial charge in [0.1, 0.15) is 5.60 Å². The molecular formula is C19H20ClNO6. The SMILES string of the molecule is COC(=O)/C=C(\C(=O)OC)[C@@](C#N)(C(=O)OC(C)(C)C)c1ccc(Cl)cc1. The zero-order valence-corrected chi connectivity index (χ0v) is 16.4. The molecule has 0 spiro atoms. The molecular weight excluding hydrogens is 374 g/mol. The van der Waals surface area contributed by atoms with Crippen molar-refractivity contribution in [3.63, 3.8) is 0 Å². The van der Waals surface area contributed by atoms with Gasteiger partial charge in [0.25, 0.3) is 0 Å². The number of halogens is 1. The number of hydrogen-bond acceptors (Lipinski definition) is 7. The minimum Gasteiger partial charge on any atom is -0.466 e. The largest absolute Gasteiger partial charge is 0.466 e. The van der Waals surface area contributed by atoms with E-state index in [1.165, 1.54) is 24.3 Å². The van der Waals surface area contributed by atoms with Crippen LogP contribution in [0.3, 0.4) is 0 Å². The molecule has 0 N–H and O–H groups in total. The summed E-state index contributed by atoms with van der Waals surface area (Å²) >= 11 is 5.89. The van der Waals surface area contributed by atoms with Gasteiger partial charge < -0.3 is 14.2 Å². The van der Waals surface area contributed by atoms with Gasteiger partial charge in [0, 0.05) is 11.1 Å². The van der Waals surface area contributed by atoms with Crippen molar-refractivity contribution in [1.29, 1.82) is 5.26 Å². The van der Waals surface area contributed by atoms with E-state index in [4.69, 9.17) is 21.1 Å². The molecule has 0 fully saturated rings. The Kier molecular flexibility index (Phi) is 7.14. The third-order valence-electron chi connectivity index (χ3n) is 3.42. The zero-order chi connectivity index (χ0) is 20.8. The van der Waals surface area contributed by atoms with Gasteiger partial charge >= 0.3 is 17.9 Å². The highest BCUT2D eigenvalue weighted by Crippen LogP contribution is 2.36. The highest BCUT2D eigenvalue weighted by molar-refractivity contribution is 6.30. The topological polar surface area (TPSA) is 103 Å². The van der Waals surface area contributed by atoms with Crippen LogP contribution in [0.4, 0.5) is 0 Å². The van der Waals surface area contributed by atoms with Crippen molar-refractivity contribution in [1.82, 2.24) is 0 Å². The van der Waals surface area contributed by atoms with Gasteiger partial charge in [-0.25, -0.2) is 14.4 Å². The minimum atomic E-state index is -2.26. The number of carbonyl (C=O) groups excluding carboxylic acids is 3. The van der Waals surface area contributed by atoms with Crippen molar-refractivity contribution in [3.05, 3.63) is 46.5 Å². The molecule has 0 aromatic heterocycles. The van der Waals surface area contributed by atoms with Gasteiger partial charge in [-0.2, -0.15) is 5.26 Å². The molecule has 0 aliphatic rings. The van der Waals surface area contributed by atoms with Gasteiger partial charge in [-0.05, 0) is 38.5 Å². The van der Waals surface area contributed by atoms with Crippen molar-refractivity contribution in [2.75, 3.05) is 14.2 Å². The molecule has 7 nitrogen and oxygen atoms in total. The molecule has 0 saturated carbocycles. The van der Waals surface area contributed by atoms with Crippen molar-refractivity contribution < 1.29 is 28.6 Å². The van der Waals surface area contributed by atoms with Crippen molar-refractivity contribution in [2.24, 2.45) is 0 Å². The third kappa shape index (κ3) is 5.08. The number of carbonyl (C=O) groups is 3. The van der Waals surface area contributed by atoms with Crippen LogP contribution in [-0.2, 0) is 34.0 Å². The van der Waals surface area contributed by atoms with E-state index in [9.17, 15) is 19.6 Å². The number of ether oxygens (including phenoxy) is 3. The third-order valence-corrected chi connectivity index (χ3v) is 3.67. The number of nitriles is 1. The van der Waals surface area contributed by atoms with E-state index < -0.39 is 34.5 Å². The standard InChI is InChI=1S/C19H20ClNO6/c1-18(2,3)27-17(24)19(11-21,12-6-8-13(20)9-7-12)14(16(23)26-5)10-15(22)25-4/h6-10H,1-5H3/b14-10+/t19-/m0/s1. The highest BCUT2D eigenvalue weighted by Gasteiger charge is 2.51. The van der Waals surface area contributed by atoms with Gasteiger partial charge in [0.2, 0.25) is 5.41 Å². The summed E-state index contributed by atoms with van der Waals surface area (Å²) in [6.07, 6.45) is 0.744. The Bertz CT molecular complexity index is 801. The summed E-state index contributed by atoms with van der Waals surface area (Å²) in [6.45, 7) is 4.82. The minimum absolute atomic E-state index is 0.0872. The summed E-state index contributed by atoms with van der Waals surface area (Å²) < 4.78 is 14.6. The molecule has 144 valence electrons. The molecule has 1 aromatic carbocycles. The van der Waals surface area contributed by atoms with Crippen LogP contribution in [0, 0.1) is 11.3 Å². The fraction of sp³-hybridized carbons (Fsp3) is 0.368. The lowest BCUT2D eigenvalue weighted by Crippen LogP contribution is -2.44. The summed E-state index contributed by atoms with van der Waals surface area (Å²) in [4.78, 5) is 37.3. The number of methoxy groups -OCH3 is 2. The Morgan fingerprint density at radius 2 is 1.63 bits per heavy atom. The maximum absolute atomic E-state index is 13.1. The van der Waals surface area contributed by atoms with Crippen molar-refractivity contribution in [2.45, 2.75) is 31.8 Å². The van der Waals surface area contributed by atoms with E-state index in [2.05, 4.69) is 4.74 Å². The molecule has 0 bridgehead atoms. The van der Waals surface area contributed by atoms with E-state index in [1.54, 1.807) is 20.8 Å². The predicted octanol–water partition coefficient (Wildman–Crippen LogP) is 2.72. The summed E-state index contributed by atoms with van der Waals surface area (Å²) in [5.41, 5.74) is -3.67. The van der Waals surface area contributed by atoms with Crippen LogP contribution in [0.2, 0.25) is 5.02 Å². The van der Waals surface area contributed by atoms with Crippen molar-refractivity contribution in [3.8, 4) is 6.07 Å². The maximum atomic E-state index is 13.1. The Morgan fingerprint density at radius 3 is 2.04 bits per heavy atom. The van der Waals surface area contributed by atoms with E-state index >= 15 is 0 Å². The monoisotopic (exact) mass is 393 g/mol. The van der Waals surface area contributed by atoms with Gasteiger partial charge in [-0.1, -0.05) is 23.7 Å². The van der Waals surface area contributed by atoms with Crippen molar-refractivity contribution >= 4 is 29.5 Å². The van der Waals surface area contributed by atoms with Crippen LogP contribution in [0.15, 0.2) is 35.9 Å². The molecule has 0 unspecified atom stereocenters. The summed E-state index contributed by atoms with van der Waals surface area (Å²) in [7, 11) is 2.16. The molecule has 1 rings (SSSR count). The Labute approximate surface area is 162 Å². The first kappa shape index (κ1) is 22.2. The lowest BCUT2D eigenvalue weighted by Gasteiger charge is -2.30. The molecule has 8 heteroatoms. The number of esters is 3. The Hall–Kier alpha value is -2.85. The van der Waals surface area contributed by atoms with Crippen LogP contribution < -0.4 is 0 Å². The Morgan fingerprint density at radius 1 is 1.07 bits per heavy atom. The van der Waals surface area contributed by atoms with Crippen LogP contribution in [0.1, 0.15) is 26.3 Å². The second-order valence-corrected chi connectivity index (χ2v) is 6.88. The first-order valence-corrected chi connectivity index (χ1v) is 8.18. The number of benzene rings is 1. The predicted molar refractivity (Wildman–Crippen MR) is 96.7 cm³/mol. The molecule has 1 atom stereocenters. The van der Waals surface area contributed by atoms with E-state index in [0.717, 1.165) is 20.3 Å². The molecule has 0 radical (unpaired) electrons. The number of rotatable bonds is 5. The average molecular weight is 394 g/mol. The van der Waals surface area contributed by atoms with Gasteiger partial charge in [0.15, 0.2) is 0 Å². The fourth-order valence-electron chi connectivity index (χ4n) is 2.22. The first-order chi connectivity index (χ1) is 12.5. The molecule has 0 saturated heterocycles. The van der Waals surface area contributed by atoms with Gasteiger partial charge in [-0.15, -0.1) is 0 Å². The number of hydrogen-bond donors (Lipinski definition) is 0. The van der Waals surface area contributed by atoms with E-state index in [-0.39, 0.29) is 5.56 Å². The molecule has 0 heterocycles. The highest BCUT2D eigenvalue weighted by atomic mass is 35.5. The lowest BCUT2D eigenvalue weighted by molar-refractivity contribution is -0.160. The molecule has 0 aliphatic carbocycles. The van der Waals surface area contributed by atoms with E-state index in [0.29, 0.717) is 5.02 Å².